The third-order valence-electron chi connectivity index (χ3n) is 8.50. The van der Waals surface area contributed by atoms with Crippen LogP contribution >= 0.6 is 0 Å². The molecular formula is C28H46O. The van der Waals surface area contributed by atoms with Gasteiger partial charge in [-0.3, -0.25) is 0 Å². The van der Waals surface area contributed by atoms with Gasteiger partial charge in [-0.1, -0.05) is 77.3 Å². The van der Waals surface area contributed by atoms with Crippen molar-refractivity contribution in [3.8, 4) is 0 Å². The molecule has 3 rings (SSSR count). The molecule has 0 saturated heterocycles. The Kier molecular flexibility index (Phi) is 7.19. The van der Waals surface area contributed by atoms with Gasteiger partial charge in [-0.15, -0.1) is 0 Å². The number of aliphatic hydroxyl groups is 1. The van der Waals surface area contributed by atoms with Crippen LogP contribution in [0.15, 0.2) is 35.5 Å². The van der Waals surface area contributed by atoms with E-state index in [2.05, 4.69) is 53.3 Å². The quantitative estimate of drug-likeness (QED) is 0.497. The van der Waals surface area contributed by atoms with Crippen LogP contribution in [-0.4, -0.2) is 11.2 Å². The maximum atomic E-state index is 10.0. The van der Waals surface area contributed by atoms with E-state index in [0.717, 1.165) is 37.0 Å². The first kappa shape index (κ1) is 22.9. The average molecular weight is 399 g/mol. The molecule has 3 aliphatic carbocycles. The smallest absolute Gasteiger partial charge is 0.0583 e. The van der Waals surface area contributed by atoms with E-state index in [9.17, 15) is 5.11 Å². The fourth-order valence-corrected chi connectivity index (χ4v) is 6.76. The predicted molar refractivity (Wildman–Crippen MR) is 126 cm³/mol. The summed E-state index contributed by atoms with van der Waals surface area (Å²) in [5, 5.41) is 10.0. The molecule has 0 amide bonds. The molecule has 0 radical (unpaired) electrons. The Morgan fingerprint density at radius 2 is 1.93 bits per heavy atom. The number of hydrogen-bond acceptors (Lipinski definition) is 1. The zero-order chi connectivity index (χ0) is 21.2. The zero-order valence-electron chi connectivity index (χ0n) is 19.9. The van der Waals surface area contributed by atoms with Gasteiger partial charge >= 0.3 is 0 Å². The van der Waals surface area contributed by atoms with Gasteiger partial charge in [-0.25, -0.2) is 0 Å². The number of hydrogen-bond donors (Lipinski definition) is 1. The van der Waals surface area contributed by atoms with Crippen LogP contribution in [0.2, 0.25) is 0 Å². The van der Waals surface area contributed by atoms with E-state index in [1.165, 1.54) is 62.5 Å². The van der Waals surface area contributed by atoms with E-state index in [1.54, 1.807) is 5.57 Å². The van der Waals surface area contributed by atoms with Gasteiger partial charge in [0.05, 0.1) is 6.10 Å². The van der Waals surface area contributed by atoms with Crippen molar-refractivity contribution in [2.24, 2.45) is 28.6 Å². The molecule has 0 aromatic carbocycles. The first-order valence-electron chi connectivity index (χ1n) is 12.4. The highest BCUT2D eigenvalue weighted by molar-refractivity contribution is 5.36. The molecule has 3 saturated carbocycles. The molecule has 3 aliphatic rings. The van der Waals surface area contributed by atoms with Crippen molar-refractivity contribution in [2.45, 2.75) is 111 Å². The van der Waals surface area contributed by atoms with Gasteiger partial charge in [-0.05, 0) is 91.9 Å². The molecule has 1 N–H and O–H groups in total. The maximum Gasteiger partial charge on any atom is 0.0583 e. The molecule has 3 fully saturated rings. The summed E-state index contributed by atoms with van der Waals surface area (Å²) in [6, 6.07) is 0. The van der Waals surface area contributed by atoms with Crippen molar-refractivity contribution in [2.75, 3.05) is 0 Å². The summed E-state index contributed by atoms with van der Waals surface area (Å²) in [6.45, 7) is 16.5. The number of allylic oxidation sites excluding steroid dienone is 4. The van der Waals surface area contributed by atoms with Crippen LogP contribution in [0.4, 0.5) is 0 Å². The second-order valence-electron chi connectivity index (χ2n) is 12.0. The third kappa shape index (κ3) is 5.46. The Labute approximate surface area is 180 Å². The Balaban J connectivity index is 1.68. The van der Waals surface area contributed by atoms with Crippen molar-refractivity contribution >= 4 is 0 Å². The summed E-state index contributed by atoms with van der Waals surface area (Å²) in [7, 11) is 0. The van der Waals surface area contributed by atoms with E-state index in [0.29, 0.717) is 10.8 Å². The molecule has 1 heteroatoms. The molecule has 0 aromatic rings. The highest BCUT2D eigenvalue weighted by atomic mass is 16.3. The van der Waals surface area contributed by atoms with Gasteiger partial charge in [0.1, 0.15) is 0 Å². The largest absolute Gasteiger partial charge is 0.393 e. The lowest BCUT2D eigenvalue weighted by atomic mass is 9.60. The van der Waals surface area contributed by atoms with Gasteiger partial charge in [-0.2, -0.15) is 0 Å². The molecule has 164 valence electrons. The molecular weight excluding hydrogens is 352 g/mol. The molecule has 0 aromatic heterocycles. The maximum absolute atomic E-state index is 10.0. The van der Waals surface area contributed by atoms with Crippen molar-refractivity contribution in [1.82, 2.24) is 0 Å². The summed E-state index contributed by atoms with van der Waals surface area (Å²) in [5.74, 6) is 2.50. The van der Waals surface area contributed by atoms with E-state index in [-0.39, 0.29) is 6.10 Å². The van der Waals surface area contributed by atoms with Gasteiger partial charge < -0.3 is 5.11 Å². The summed E-state index contributed by atoms with van der Waals surface area (Å²) in [6.07, 6.45) is 18.1. The highest BCUT2D eigenvalue weighted by Gasteiger charge is 2.50. The van der Waals surface area contributed by atoms with Crippen LogP contribution in [0.25, 0.3) is 0 Å². The normalized spacial score (nSPS) is 37.2. The lowest BCUT2D eigenvalue weighted by Crippen LogP contribution is -2.36. The Morgan fingerprint density at radius 1 is 1.17 bits per heavy atom. The zero-order valence-corrected chi connectivity index (χ0v) is 19.9. The SMILES string of the molecule is C=C1CC[C@H](O)C/C1=C/C=C1\CCC[C@]2(C)[C@@H]([C@H](C)CCCC(C)(C)C)CC[C@@H]12. The Hall–Kier alpha value is -0.820. The number of fused-ring (bicyclic) bond motifs is 1. The molecule has 0 aliphatic heterocycles. The fraction of sp³-hybridized carbons (Fsp3) is 0.786. The monoisotopic (exact) mass is 398 g/mol. The second kappa shape index (κ2) is 9.13. The molecule has 0 unspecified atom stereocenters. The average Bonchev–Trinajstić information content (AvgIpc) is 2.99. The fourth-order valence-electron chi connectivity index (χ4n) is 6.76. The summed E-state index contributed by atoms with van der Waals surface area (Å²) >= 11 is 0. The van der Waals surface area contributed by atoms with E-state index < -0.39 is 0 Å². The summed E-state index contributed by atoms with van der Waals surface area (Å²) in [5.41, 5.74) is 5.17. The number of aliphatic hydroxyl groups excluding tert-OH is 1. The standard InChI is InChI=1S/C28H46O/c1-20-11-14-24(29)19-23(20)13-12-22-10-8-18-28(6)25(15-16-26(22)28)21(2)9-7-17-27(3,4)5/h12-13,21,24-26,29H,1,7-11,14-19H2,2-6H3/b22-12+,23-13-/t21-,24+,25-,26+,28-/m1/s1. The van der Waals surface area contributed by atoms with Gasteiger partial charge in [0.15, 0.2) is 0 Å². The van der Waals surface area contributed by atoms with Crippen molar-refractivity contribution in [3.05, 3.63) is 35.5 Å². The Morgan fingerprint density at radius 3 is 2.66 bits per heavy atom. The summed E-state index contributed by atoms with van der Waals surface area (Å²) in [4.78, 5) is 0. The molecule has 5 atom stereocenters. The second-order valence-corrected chi connectivity index (χ2v) is 12.0. The minimum absolute atomic E-state index is 0.174. The van der Waals surface area contributed by atoms with Gasteiger partial charge in [0.2, 0.25) is 0 Å². The minimum Gasteiger partial charge on any atom is -0.393 e. The lowest BCUT2D eigenvalue weighted by Gasteiger charge is -2.44. The van der Waals surface area contributed by atoms with Crippen LogP contribution in [0.3, 0.4) is 0 Å². The molecule has 29 heavy (non-hydrogen) atoms. The number of rotatable bonds is 5. The van der Waals surface area contributed by atoms with Crippen molar-refractivity contribution in [3.63, 3.8) is 0 Å². The van der Waals surface area contributed by atoms with E-state index >= 15 is 0 Å². The van der Waals surface area contributed by atoms with Crippen LogP contribution in [0, 0.1) is 28.6 Å². The van der Waals surface area contributed by atoms with Crippen LogP contribution in [-0.2, 0) is 0 Å². The molecule has 0 bridgehead atoms. The summed E-state index contributed by atoms with van der Waals surface area (Å²) < 4.78 is 0. The van der Waals surface area contributed by atoms with Crippen molar-refractivity contribution in [1.29, 1.82) is 0 Å². The first-order chi connectivity index (χ1) is 13.6. The van der Waals surface area contributed by atoms with E-state index in [1.807, 2.05) is 0 Å². The molecule has 1 nitrogen and oxygen atoms in total. The first-order valence-corrected chi connectivity index (χ1v) is 12.4. The molecule has 0 spiro atoms. The predicted octanol–water partition coefficient (Wildman–Crippen LogP) is 8.01. The van der Waals surface area contributed by atoms with E-state index in [4.69, 9.17) is 0 Å². The third-order valence-corrected chi connectivity index (χ3v) is 8.50. The van der Waals surface area contributed by atoms with Crippen LogP contribution in [0.1, 0.15) is 105 Å². The Bertz CT molecular complexity index is 646. The molecule has 0 heterocycles. The van der Waals surface area contributed by atoms with Crippen molar-refractivity contribution < 1.29 is 5.11 Å². The minimum atomic E-state index is -0.174. The van der Waals surface area contributed by atoms with Gasteiger partial charge in [0, 0.05) is 0 Å². The lowest BCUT2D eigenvalue weighted by molar-refractivity contribution is 0.0920. The van der Waals surface area contributed by atoms with Crippen LogP contribution in [0.5, 0.6) is 0 Å². The van der Waals surface area contributed by atoms with Gasteiger partial charge in [0.25, 0.3) is 0 Å². The highest BCUT2D eigenvalue weighted by Crippen LogP contribution is 2.60. The topological polar surface area (TPSA) is 20.2 Å². The van der Waals surface area contributed by atoms with Crippen LogP contribution < -0.4 is 0 Å².